The summed E-state index contributed by atoms with van der Waals surface area (Å²) in [5.41, 5.74) is 9.05. The lowest BCUT2D eigenvalue weighted by atomic mass is 9.79. The number of nitrogens with two attached hydrogens (primary N) is 1. The Kier molecular flexibility index (Phi) is 3.49. The highest BCUT2D eigenvalue weighted by Gasteiger charge is 2.28. The van der Waals surface area contributed by atoms with Gasteiger partial charge in [-0.25, -0.2) is 0 Å². The molecule has 0 radical (unpaired) electrons. The van der Waals surface area contributed by atoms with Crippen molar-refractivity contribution in [1.29, 1.82) is 0 Å². The molecule has 0 saturated carbocycles. The second kappa shape index (κ2) is 5.29. The largest absolute Gasteiger partial charge is 0.495 e. The van der Waals surface area contributed by atoms with Gasteiger partial charge in [-0.1, -0.05) is 24.3 Å². The summed E-state index contributed by atoms with van der Waals surface area (Å²) in [6, 6.07) is 13.6. The summed E-state index contributed by atoms with van der Waals surface area (Å²) in [5, 5.41) is 0. The summed E-state index contributed by atoms with van der Waals surface area (Å²) in [5.74, 6) is 1.63. The van der Waals surface area contributed by atoms with Crippen LogP contribution in [0.3, 0.4) is 0 Å². The van der Waals surface area contributed by atoms with Crippen molar-refractivity contribution in [1.82, 2.24) is 0 Å². The van der Waals surface area contributed by atoms with Gasteiger partial charge in [-0.05, 0) is 29.7 Å². The van der Waals surface area contributed by atoms with Crippen LogP contribution in [0.25, 0.3) is 0 Å². The van der Waals surface area contributed by atoms with E-state index in [-0.39, 0.29) is 0 Å². The van der Waals surface area contributed by atoms with Gasteiger partial charge in [0.05, 0.1) is 22.8 Å². The summed E-state index contributed by atoms with van der Waals surface area (Å²) in [7, 11) is 0.508. The van der Waals surface area contributed by atoms with E-state index in [1.165, 1.54) is 11.1 Å². The minimum absolute atomic E-state index is 0.384. The van der Waals surface area contributed by atoms with Crippen molar-refractivity contribution < 1.29 is 8.95 Å². The van der Waals surface area contributed by atoms with E-state index in [0.29, 0.717) is 23.1 Å². The first kappa shape index (κ1) is 13.2. The fourth-order valence-electron chi connectivity index (χ4n) is 2.66. The lowest BCUT2D eigenvalue weighted by Crippen LogP contribution is -2.22. The molecule has 4 heteroatoms. The van der Waals surface area contributed by atoms with Gasteiger partial charge in [0, 0.05) is 23.4 Å². The van der Waals surface area contributed by atoms with Crippen LogP contribution < -0.4 is 10.5 Å². The minimum atomic E-state index is -1.07. The van der Waals surface area contributed by atoms with E-state index in [2.05, 4.69) is 18.2 Å². The zero-order valence-corrected chi connectivity index (χ0v) is 12.2. The molecule has 1 aliphatic rings. The Morgan fingerprint density at radius 3 is 2.85 bits per heavy atom. The quantitative estimate of drug-likeness (QED) is 0.880. The van der Waals surface area contributed by atoms with Crippen molar-refractivity contribution in [3.8, 4) is 5.75 Å². The summed E-state index contributed by atoms with van der Waals surface area (Å²) < 4.78 is 17.8. The van der Waals surface area contributed by atoms with Crippen LogP contribution in [0.1, 0.15) is 17.0 Å². The summed E-state index contributed by atoms with van der Waals surface area (Å²) in [6.07, 6.45) is 1.01. The van der Waals surface area contributed by atoms with Gasteiger partial charge in [-0.3, -0.25) is 4.21 Å². The highest BCUT2D eigenvalue weighted by atomic mass is 32.2. The van der Waals surface area contributed by atoms with Gasteiger partial charge in [-0.2, -0.15) is 0 Å². The number of nitrogen functional groups attached to an aromatic ring is 1. The van der Waals surface area contributed by atoms with Gasteiger partial charge >= 0.3 is 0 Å². The van der Waals surface area contributed by atoms with Crippen LogP contribution in [0.2, 0.25) is 0 Å². The first-order valence-electron chi connectivity index (χ1n) is 6.58. The average molecular weight is 287 g/mol. The zero-order valence-electron chi connectivity index (χ0n) is 11.3. The van der Waals surface area contributed by atoms with Crippen molar-refractivity contribution in [3.63, 3.8) is 0 Å². The molecule has 104 valence electrons. The molecule has 0 fully saturated rings. The van der Waals surface area contributed by atoms with Gasteiger partial charge in [0.25, 0.3) is 0 Å². The van der Waals surface area contributed by atoms with Gasteiger partial charge in [0.15, 0.2) is 0 Å². The maximum Gasteiger partial charge on any atom is 0.137 e. The van der Waals surface area contributed by atoms with Gasteiger partial charge in [0.2, 0.25) is 0 Å². The van der Waals surface area contributed by atoms with Gasteiger partial charge < -0.3 is 10.5 Å². The van der Waals surface area contributed by atoms with E-state index in [4.69, 9.17) is 10.5 Å². The molecule has 1 aliphatic carbocycles. The topological polar surface area (TPSA) is 52.3 Å². The van der Waals surface area contributed by atoms with Crippen LogP contribution in [-0.2, 0) is 17.2 Å². The standard InChI is InChI=1S/C16H17NO2S/c1-19-15-9-13(17)6-7-16(15)20(18)10-12-8-11-4-2-3-5-14(11)12/h2-7,9,12H,8,10,17H2,1H3. The molecule has 0 heterocycles. The molecule has 2 aromatic rings. The summed E-state index contributed by atoms with van der Waals surface area (Å²) in [4.78, 5) is 0.728. The van der Waals surface area contributed by atoms with Crippen LogP contribution in [0.5, 0.6) is 5.75 Å². The lowest BCUT2D eigenvalue weighted by molar-refractivity contribution is 0.404. The van der Waals surface area contributed by atoms with Crippen molar-refractivity contribution in [3.05, 3.63) is 53.6 Å². The average Bonchev–Trinajstić information content (AvgIpc) is 2.44. The molecule has 0 bridgehead atoms. The molecular formula is C16H17NO2S. The Morgan fingerprint density at radius 2 is 2.10 bits per heavy atom. The van der Waals surface area contributed by atoms with E-state index < -0.39 is 10.8 Å². The second-order valence-electron chi connectivity index (χ2n) is 5.02. The SMILES string of the molecule is COc1cc(N)ccc1S(=O)CC1Cc2ccccc21. The van der Waals surface area contributed by atoms with Crippen molar-refractivity contribution in [2.75, 3.05) is 18.6 Å². The molecule has 3 nitrogen and oxygen atoms in total. The van der Waals surface area contributed by atoms with Crippen LogP contribution >= 0.6 is 0 Å². The van der Waals surface area contributed by atoms with Crippen LogP contribution in [0.15, 0.2) is 47.4 Å². The highest BCUT2D eigenvalue weighted by molar-refractivity contribution is 7.85. The van der Waals surface area contributed by atoms with E-state index in [9.17, 15) is 4.21 Å². The van der Waals surface area contributed by atoms with E-state index in [1.54, 1.807) is 25.3 Å². The Bertz CT molecular complexity index is 669. The third-order valence-electron chi connectivity index (χ3n) is 3.75. The number of hydrogen-bond acceptors (Lipinski definition) is 3. The number of rotatable bonds is 4. The summed E-state index contributed by atoms with van der Waals surface area (Å²) >= 11 is 0. The first-order chi connectivity index (χ1) is 9.69. The van der Waals surface area contributed by atoms with Crippen LogP contribution in [0.4, 0.5) is 5.69 Å². The number of anilines is 1. The molecule has 2 aromatic carbocycles. The predicted octanol–water partition coefficient (Wildman–Crippen LogP) is 2.72. The van der Waals surface area contributed by atoms with Gasteiger partial charge in [0.1, 0.15) is 5.75 Å². The zero-order chi connectivity index (χ0) is 14.1. The van der Waals surface area contributed by atoms with Crippen molar-refractivity contribution >= 4 is 16.5 Å². The fraction of sp³-hybridized carbons (Fsp3) is 0.250. The third-order valence-corrected chi connectivity index (χ3v) is 5.28. The lowest BCUT2D eigenvalue weighted by Gasteiger charge is -2.29. The maximum atomic E-state index is 12.5. The normalized spacial score (nSPS) is 17.9. The third kappa shape index (κ3) is 2.31. The number of ether oxygens (including phenoxy) is 1. The van der Waals surface area contributed by atoms with E-state index >= 15 is 0 Å². The Hall–Kier alpha value is -1.81. The number of methoxy groups -OCH3 is 1. The number of fused-ring (bicyclic) bond motifs is 1. The number of benzene rings is 2. The molecule has 2 unspecified atom stereocenters. The Morgan fingerprint density at radius 1 is 1.30 bits per heavy atom. The molecule has 3 rings (SSSR count). The molecule has 0 aliphatic heterocycles. The maximum absolute atomic E-state index is 12.5. The van der Waals surface area contributed by atoms with E-state index in [0.717, 1.165) is 11.3 Å². The minimum Gasteiger partial charge on any atom is -0.495 e. The molecule has 20 heavy (non-hydrogen) atoms. The molecule has 2 atom stereocenters. The second-order valence-corrected chi connectivity index (χ2v) is 6.49. The monoisotopic (exact) mass is 287 g/mol. The fourth-order valence-corrected chi connectivity index (χ4v) is 4.09. The first-order valence-corrected chi connectivity index (χ1v) is 7.90. The van der Waals surface area contributed by atoms with E-state index in [1.807, 2.05) is 6.07 Å². The Labute approximate surface area is 121 Å². The predicted molar refractivity (Wildman–Crippen MR) is 81.6 cm³/mol. The molecule has 0 aromatic heterocycles. The molecule has 0 spiro atoms. The molecule has 0 amide bonds. The molecular weight excluding hydrogens is 270 g/mol. The van der Waals surface area contributed by atoms with Crippen molar-refractivity contribution in [2.24, 2.45) is 0 Å². The Balaban J connectivity index is 1.78. The smallest absolute Gasteiger partial charge is 0.137 e. The van der Waals surface area contributed by atoms with Crippen LogP contribution in [-0.4, -0.2) is 17.1 Å². The number of hydrogen-bond donors (Lipinski definition) is 1. The summed E-state index contributed by atoms with van der Waals surface area (Å²) in [6.45, 7) is 0. The molecule has 2 N–H and O–H groups in total. The van der Waals surface area contributed by atoms with Crippen molar-refractivity contribution in [2.45, 2.75) is 17.2 Å². The van der Waals surface area contributed by atoms with Gasteiger partial charge in [-0.15, -0.1) is 0 Å². The van der Waals surface area contributed by atoms with Crippen LogP contribution in [0, 0.1) is 0 Å². The highest BCUT2D eigenvalue weighted by Crippen LogP contribution is 2.37. The molecule has 0 saturated heterocycles.